The summed E-state index contributed by atoms with van der Waals surface area (Å²) in [4.78, 5) is 4.65. The van der Waals surface area contributed by atoms with Gasteiger partial charge in [0.15, 0.2) is 0 Å². The quantitative estimate of drug-likeness (QED) is 0.890. The third-order valence-electron chi connectivity index (χ3n) is 3.57. The molecule has 1 unspecified atom stereocenters. The van der Waals surface area contributed by atoms with Gasteiger partial charge in [0.1, 0.15) is 0 Å². The largest absolute Gasteiger partial charge is 0.308 e. The minimum absolute atomic E-state index is 0.150. The Balaban J connectivity index is 2.28. The smallest absolute Gasteiger partial charge is 0.0847 e. The topological polar surface area (TPSA) is 42.7 Å². The molecule has 2 aromatic rings. The fourth-order valence-electron chi connectivity index (χ4n) is 2.45. The number of nitrogens with zero attached hydrogens (tertiary/aromatic N) is 3. The Morgan fingerprint density at radius 2 is 2.10 bits per heavy atom. The fraction of sp³-hybridized carbons (Fsp3) is 0.500. The van der Waals surface area contributed by atoms with Crippen LogP contribution in [0.3, 0.4) is 0 Å². The lowest BCUT2D eigenvalue weighted by molar-refractivity contribution is 0.501. The van der Waals surface area contributed by atoms with Gasteiger partial charge in [-0.25, -0.2) is 0 Å². The highest BCUT2D eigenvalue weighted by molar-refractivity contribution is 6.31. The minimum atomic E-state index is 0.150. The van der Waals surface area contributed by atoms with Crippen molar-refractivity contribution in [1.29, 1.82) is 0 Å². The van der Waals surface area contributed by atoms with E-state index in [-0.39, 0.29) is 6.04 Å². The summed E-state index contributed by atoms with van der Waals surface area (Å²) in [6.45, 7) is 7.07. The van der Waals surface area contributed by atoms with Crippen LogP contribution in [0.2, 0.25) is 5.02 Å². The van der Waals surface area contributed by atoms with Crippen LogP contribution >= 0.6 is 11.6 Å². The zero-order valence-corrected chi connectivity index (χ0v) is 13.9. The molecule has 0 radical (unpaired) electrons. The predicted octanol–water partition coefficient (Wildman–Crippen LogP) is 3.37. The first kappa shape index (κ1) is 16.0. The highest BCUT2D eigenvalue weighted by Gasteiger charge is 2.19. The molecule has 1 N–H and O–H groups in total. The van der Waals surface area contributed by atoms with Crippen LogP contribution in [-0.4, -0.2) is 21.3 Å². The van der Waals surface area contributed by atoms with Gasteiger partial charge in [0.25, 0.3) is 0 Å². The minimum Gasteiger partial charge on any atom is -0.308 e. The summed E-state index contributed by atoms with van der Waals surface area (Å²) in [5.74, 6) is 0. The van der Waals surface area contributed by atoms with Crippen LogP contribution in [0.1, 0.15) is 42.2 Å². The van der Waals surface area contributed by atoms with Gasteiger partial charge in [0.2, 0.25) is 0 Å². The first-order valence-corrected chi connectivity index (χ1v) is 7.75. The van der Waals surface area contributed by atoms with E-state index in [0.29, 0.717) is 0 Å². The average Bonchev–Trinajstić information content (AvgIpc) is 2.69. The maximum atomic E-state index is 6.38. The summed E-state index contributed by atoms with van der Waals surface area (Å²) in [5.41, 5.74) is 4.01. The van der Waals surface area contributed by atoms with Crippen molar-refractivity contribution < 1.29 is 0 Å². The van der Waals surface area contributed by atoms with E-state index in [9.17, 15) is 0 Å². The summed E-state index contributed by atoms with van der Waals surface area (Å²) in [5, 5.41) is 8.71. The molecule has 2 aromatic heterocycles. The van der Waals surface area contributed by atoms with E-state index in [0.717, 1.165) is 47.2 Å². The molecule has 21 heavy (non-hydrogen) atoms. The number of nitrogens with one attached hydrogen (secondary N) is 1. The van der Waals surface area contributed by atoms with E-state index in [2.05, 4.69) is 28.4 Å². The molecule has 2 heterocycles. The molecule has 0 saturated carbocycles. The molecule has 0 bridgehead atoms. The summed E-state index contributed by atoms with van der Waals surface area (Å²) in [6, 6.07) is 6.28. The van der Waals surface area contributed by atoms with E-state index < -0.39 is 0 Å². The lowest BCUT2D eigenvalue weighted by atomic mass is 10.1. The highest BCUT2D eigenvalue weighted by atomic mass is 35.5. The molecule has 0 aromatic carbocycles. The van der Waals surface area contributed by atoms with Gasteiger partial charge in [-0.15, -0.1) is 0 Å². The van der Waals surface area contributed by atoms with E-state index in [1.807, 2.05) is 37.7 Å². The second-order valence-corrected chi connectivity index (χ2v) is 5.76. The van der Waals surface area contributed by atoms with Gasteiger partial charge in [-0.1, -0.05) is 24.6 Å². The molecule has 0 saturated heterocycles. The molecular weight excluding hydrogens is 284 g/mol. The molecular formula is C16H23ClN4. The summed E-state index contributed by atoms with van der Waals surface area (Å²) in [7, 11) is 1.94. The zero-order chi connectivity index (χ0) is 15.4. The van der Waals surface area contributed by atoms with Crippen LogP contribution < -0.4 is 5.32 Å². The number of hydrogen-bond acceptors (Lipinski definition) is 3. The molecule has 114 valence electrons. The van der Waals surface area contributed by atoms with Crippen molar-refractivity contribution in [3.63, 3.8) is 0 Å². The first-order valence-electron chi connectivity index (χ1n) is 7.37. The molecule has 0 spiro atoms. The zero-order valence-electron chi connectivity index (χ0n) is 13.2. The lowest BCUT2D eigenvalue weighted by Gasteiger charge is -2.19. The van der Waals surface area contributed by atoms with E-state index >= 15 is 0 Å². The van der Waals surface area contributed by atoms with Crippen molar-refractivity contribution in [2.75, 3.05) is 6.54 Å². The van der Waals surface area contributed by atoms with Gasteiger partial charge in [0.05, 0.1) is 28.1 Å². The van der Waals surface area contributed by atoms with Crippen LogP contribution in [0, 0.1) is 13.8 Å². The molecule has 1 atom stereocenters. The number of aromatic nitrogens is 3. The third-order valence-corrected chi connectivity index (χ3v) is 4.06. The molecule has 4 nitrogen and oxygen atoms in total. The van der Waals surface area contributed by atoms with Crippen molar-refractivity contribution in [2.24, 2.45) is 7.05 Å². The Morgan fingerprint density at radius 1 is 1.33 bits per heavy atom. The van der Waals surface area contributed by atoms with Crippen LogP contribution in [0.4, 0.5) is 0 Å². The van der Waals surface area contributed by atoms with Crippen LogP contribution in [0.5, 0.6) is 0 Å². The maximum Gasteiger partial charge on any atom is 0.0847 e. The Hall–Kier alpha value is -1.39. The summed E-state index contributed by atoms with van der Waals surface area (Å²) >= 11 is 6.38. The van der Waals surface area contributed by atoms with Crippen molar-refractivity contribution in [3.05, 3.63) is 46.0 Å². The fourth-order valence-corrected chi connectivity index (χ4v) is 2.69. The van der Waals surface area contributed by atoms with Gasteiger partial charge in [0, 0.05) is 19.2 Å². The highest BCUT2D eigenvalue weighted by Crippen LogP contribution is 2.25. The Morgan fingerprint density at radius 3 is 2.67 bits per heavy atom. The van der Waals surface area contributed by atoms with Crippen molar-refractivity contribution in [1.82, 2.24) is 20.1 Å². The number of halogens is 1. The predicted molar refractivity (Wildman–Crippen MR) is 86.7 cm³/mol. The number of pyridine rings is 1. The van der Waals surface area contributed by atoms with Crippen LogP contribution in [0.25, 0.3) is 0 Å². The Kier molecular flexibility index (Phi) is 5.37. The second kappa shape index (κ2) is 7.05. The number of rotatable bonds is 6. The molecule has 0 aliphatic carbocycles. The van der Waals surface area contributed by atoms with Gasteiger partial charge < -0.3 is 5.32 Å². The van der Waals surface area contributed by atoms with Crippen LogP contribution in [0.15, 0.2) is 18.2 Å². The standard InChI is InChI=1S/C16H23ClN4/c1-5-9-18-14(13-8-6-7-11(2)19-13)10-15-16(17)12(3)20-21(15)4/h6-8,14,18H,5,9-10H2,1-4H3. The third kappa shape index (κ3) is 3.83. The molecule has 0 aliphatic heterocycles. The van der Waals surface area contributed by atoms with Gasteiger partial charge in [-0.05, 0) is 38.9 Å². The van der Waals surface area contributed by atoms with E-state index in [1.165, 1.54) is 0 Å². The van der Waals surface area contributed by atoms with Crippen molar-refractivity contribution >= 4 is 11.6 Å². The average molecular weight is 307 g/mol. The molecule has 5 heteroatoms. The van der Waals surface area contributed by atoms with Gasteiger partial charge in [-0.3, -0.25) is 9.67 Å². The Bertz CT molecular complexity index is 606. The van der Waals surface area contributed by atoms with E-state index in [4.69, 9.17) is 11.6 Å². The number of aryl methyl sites for hydroxylation is 3. The van der Waals surface area contributed by atoms with Gasteiger partial charge >= 0.3 is 0 Å². The SMILES string of the molecule is CCCNC(Cc1c(Cl)c(C)nn1C)c1cccc(C)n1. The Labute approximate surface area is 131 Å². The normalized spacial score (nSPS) is 12.6. The second-order valence-electron chi connectivity index (χ2n) is 5.38. The van der Waals surface area contributed by atoms with Gasteiger partial charge in [-0.2, -0.15) is 5.10 Å². The lowest BCUT2D eigenvalue weighted by Crippen LogP contribution is -2.26. The maximum absolute atomic E-state index is 6.38. The molecule has 0 fully saturated rings. The summed E-state index contributed by atoms with van der Waals surface area (Å²) < 4.78 is 1.87. The molecule has 0 amide bonds. The molecule has 2 rings (SSSR count). The van der Waals surface area contributed by atoms with Crippen molar-refractivity contribution in [2.45, 2.75) is 39.7 Å². The van der Waals surface area contributed by atoms with E-state index in [1.54, 1.807) is 0 Å². The first-order chi connectivity index (χ1) is 10.0. The van der Waals surface area contributed by atoms with Crippen LogP contribution in [-0.2, 0) is 13.5 Å². The molecule has 0 aliphatic rings. The number of hydrogen-bond donors (Lipinski definition) is 1. The monoisotopic (exact) mass is 306 g/mol. The van der Waals surface area contributed by atoms with Crippen molar-refractivity contribution in [3.8, 4) is 0 Å². The summed E-state index contributed by atoms with van der Waals surface area (Å²) in [6.07, 6.45) is 1.87.